The lowest BCUT2D eigenvalue weighted by Crippen LogP contribution is -2.11. The minimum Gasteiger partial charge on any atom is -0.464 e. The van der Waals surface area contributed by atoms with E-state index in [1.165, 1.54) is 19.2 Å². The second-order valence-corrected chi connectivity index (χ2v) is 5.36. The number of hydrogen-bond donors (Lipinski definition) is 0. The summed E-state index contributed by atoms with van der Waals surface area (Å²) >= 11 is 1.56. The van der Waals surface area contributed by atoms with E-state index in [1.807, 2.05) is 28.1 Å². The second kappa shape index (κ2) is 5.09. The summed E-state index contributed by atoms with van der Waals surface area (Å²) in [5, 5.41) is 1.97. The fourth-order valence-electron chi connectivity index (χ4n) is 2.24. The maximum Gasteiger partial charge on any atom is 0.354 e. The fraction of sp³-hybridized carbons (Fsp3) is 0.133. The van der Waals surface area contributed by atoms with E-state index in [0.29, 0.717) is 12.2 Å². The number of halogens is 1. The third-order valence-corrected chi connectivity index (χ3v) is 4.00. The van der Waals surface area contributed by atoms with Crippen LogP contribution in [0.25, 0.3) is 10.2 Å². The van der Waals surface area contributed by atoms with Crippen LogP contribution in [0, 0.1) is 5.82 Å². The van der Waals surface area contributed by atoms with Gasteiger partial charge in [-0.05, 0) is 35.2 Å². The molecule has 3 nitrogen and oxygen atoms in total. The van der Waals surface area contributed by atoms with Crippen molar-refractivity contribution in [3.63, 3.8) is 0 Å². The molecule has 0 aliphatic carbocycles. The van der Waals surface area contributed by atoms with Crippen LogP contribution in [0.2, 0.25) is 0 Å². The number of thiophene rings is 1. The summed E-state index contributed by atoms with van der Waals surface area (Å²) in [5.74, 6) is -0.666. The minimum absolute atomic E-state index is 0.282. The van der Waals surface area contributed by atoms with E-state index in [-0.39, 0.29) is 11.8 Å². The third-order valence-electron chi connectivity index (χ3n) is 3.15. The standard InChI is InChI=1S/C15H12FNO2S/c1-19-15(18)13-8-14-12(5-6-20-14)17(13)9-10-3-2-4-11(16)7-10/h2-8H,9H2,1H3. The highest BCUT2D eigenvalue weighted by molar-refractivity contribution is 7.17. The van der Waals surface area contributed by atoms with E-state index >= 15 is 0 Å². The predicted molar refractivity (Wildman–Crippen MR) is 76.7 cm³/mol. The zero-order valence-corrected chi connectivity index (χ0v) is 11.6. The molecular weight excluding hydrogens is 277 g/mol. The number of fused-ring (bicyclic) bond motifs is 1. The number of aromatic nitrogens is 1. The molecule has 0 spiro atoms. The van der Waals surface area contributed by atoms with Crippen molar-refractivity contribution in [1.29, 1.82) is 0 Å². The van der Waals surface area contributed by atoms with E-state index in [1.54, 1.807) is 17.4 Å². The average Bonchev–Trinajstić information content (AvgIpc) is 3.01. The van der Waals surface area contributed by atoms with Crippen molar-refractivity contribution in [3.05, 3.63) is 58.9 Å². The highest BCUT2D eigenvalue weighted by Crippen LogP contribution is 2.26. The number of benzene rings is 1. The number of carbonyl (C=O) groups is 1. The SMILES string of the molecule is COC(=O)c1cc2sccc2n1Cc1cccc(F)c1. The van der Waals surface area contributed by atoms with Crippen molar-refractivity contribution in [2.24, 2.45) is 0 Å². The molecule has 3 rings (SSSR count). The van der Waals surface area contributed by atoms with E-state index < -0.39 is 0 Å². The van der Waals surface area contributed by atoms with Crippen LogP contribution in [0.4, 0.5) is 4.39 Å². The summed E-state index contributed by atoms with van der Waals surface area (Å²) in [7, 11) is 1.36. The van der Waals surface area contributed by atoms with Crippen molar-refractivity contribution >= 4 is 27.5 Å². The topological polar surface area (TPSA) is 31.2 Å². The molecule has 0 fully saturated rings. The largest absolute Gasteiger partial charge is 0.464 e. The van der Waals surface area contributed by atoms with E-state index in [9.17, 15) is 9.18 Å². The van der Waals surface area contributed by atoms with Gasteiger partial charge in [0.1, 0.15) is 11.5 Å². The molecule has 0 radical (unpaired) electrons. The monoisotopic (exact) mass is 289 g/mol. The van der Waals surface area contributed by atoms with Crippen molar-refractivity contribution in [3.8, 4) is 0 Å². The molecule has 2 aromatic heterocycles. The van der Waals surface area contributed by atoms with Crippen LogP contribution >= 0.6 is 11.3 Å². The fourth-order valence-corrected chi connectivity index (χ4v) is 3.06. The van der Waals surface area contributed by atoms with Gasteiger partial charge in [-0.1, -0.05) is 12.1 Å². The normalized spacial score (nSPS) is 10.9. The van der Waals surface area contributed by atoms with Crippen molar-refractivity contribution in [1.82, 2.24) is 4.57 Å². The molecule has 0 atom stereocenters. The van der Waals surface area contributed by atoms with Gasteiger partial charge in [0, 0.05) is 6.54 Å². The molecule has 2 heterocycles. The Labute approximate surface area is 119 Å². The second-order valence-electron chi connectivity index (χ2n) is 4.41. The molecule has 0 unspecified atom stereocenters. The molecule has 5 heteroatoms. The molecule has 0 bridgehead atoms. The van der Waals surface area contributed by atoms with Gasteiger partial charge in [-0.25, -0.2) is 9.18 Å². The number of nitrogens with zero attached hydrogens (tertiary/aromatic N) is 1. The summed E-state index contributed by atoms with van der Waals surface area (Å²) in [6.07, 6.45) is 0. The molecule has 3 aromatic rings. The Balaban J connectivity index is 2.08. The maximum absolute atomic E-state index is 13.3. The van der Waals surface area contributed by atoms with Gasteiger partial charge in [-0.3, -0.25) is 0 Å². The van der Waals surface area contributed by atoms with Crippen LogP contribution in [-0.4, -0.2) is 17.6 Å². The first-order valence-electron chi connectivity index (χ1n) is 6.08. The zero-order chi connectivity index (χ0) is 14.1. The Kier molecular flexibility index (Phi) is 3.28. The highest BCUT2D eigenvalue weighted by Gasteiger charge is 2.17. The summed E-state index contributed by atoms with van der Waals surface area (Å²) < 4.78 is 21.0. The Morgan fingerprint density at radius 3 is 2.95 bits per heavy atom. The van der Waals surface area contributed by atoms with Gasteiger partial charge in [0.15, 0.2) is 0 Å². The first kappa shape index (κ1) is 12.9. The Morgan fingerprint density at radius 2 is 2.20 bits per heavy atom. The molecule has 0 saturated heterocycles. The lowest BCUT2D eigenvalue weighted by molar-refractivity contribution is 0.0589. The molecule has 102 valence electrons. The quantitative estimate of drug-likeness (QED) is 0.689. The number of esters is 1. The van der Waals surface area contributed by atoms with Crippen LogP contribution < -0.4 is 0 Å². The number of methoxy groups -OCH3 is 1. The summed E-state index contributed by atoms with van der Waals surface area (Å²) in [4.78, 5) is 11.8. The van der Waals surface area contributed by atoms with Crippen LogP contribution in [-0.2, 0) is 11.3 Å². The van der Waals surface area contributed by atoms with Gasteiger partial charge < -0.3 is 9.30 Å². The number of rotatable bonds is 3. The minimum atomic E-state index is -0.384. The van der Waals surface area contributed by atoms with Crippen LogP contribution in [0.5, 0.6) is 0 Å². The maximum atomic E-state index is 13.3. The molecule has 0 aliphatic rings. The Bertz CT molecular complexity index is 775. The lowest BCUT2D eigenvalue weighted by Gasteiger charge is -2.09. The van der Waals surface area contributed by atoms with Crippen molar-refractivity contribution < 1.29 is 13.9 Å². The predicted octanol–water partition coefficient (Wildman–Crippen LogP) is 3.68. The zero-order valence-electron chi connectivity index (χ0n) is 10.8. The molecule has 0 N–H and O–H groups in total. The van der Waals surface area contributed by atoms with Gasteiger partial charge in [0.05, 0.1) is 17.3 Å². The molecule has 20 heavy (non-hydrogen) atoms. The van der Waals surface area contributed by atoms with E-state index in [4.69, 9.17) is 4.74 Å². The first-order valence-corrected chi connectivity index (χ1v) is 6.96. The van der Waals surface area contributed by atoms with Gasteiger partial charge in [-0.15, -0.1) is 11.3 Å². The van der Waals surface area contributed by atoms with E-state index in [0.717, 1.165) is 15.8 Å². The first-order chi connectivity index (χ1) is 9.69. The number of hydrogen-bond acceptors (Lipinski definition) is 3. The van der Waals surface area contributed by atoms with Gasteiger partial charge in [0.25, 0.3) is 0 Å². The highest BCUT2D eigenvalue weighted by atomic mass is 32.1. The Hall–Kier alpha value is -2.14. The van der Waals surface area contributed by atoms with Gasteiger partial charge in [-0.2, -0.15) is 0 Å². The van der Waals surface area contributed by atoms with Gasteiger partial charge in [0.2, 0.25) is 0 Å². The molecule has 1 aromatic carbocycles. The van der Waals surface area contributed by atoms with Crippen LogP contribution in [0.1, 0.15) is 16.1 Å². The summed E-state index contributed by atoms with van der Waals surface area (Å²) in [5.41, 5.74) is 2.25. The lowest BCUT2D eigenvalue weighted by atomic mass is 10.2. The number of ether oxygens (including phenoxy) is 1. The van der Waals surface area contributed by atoms with Crippen molar-refractivity contribution in [2.45, 2.75) is 6.54 Å². The summed E-state index contributed by atoms with van der Waals surface area (Å²) in [6, 6.07) is 10.1. The smallest absolute Gasteiger partial charge is 0.354 e. The summed E-state index contributed by atoms with van der Waals surface area (Å²) in [6.45, 7) is 0.433. The molecule has 0 saturated carbocycles. The van der Waals surface area contributed by atoms with Crippen LogP contribution in [0.3, 0.4) is 0 Å². The van der Waals surface area contributed by atoms with E-state index in [2.05, 4.69) is 0 Å². The third kappa shape index (κ3) is 2.20. The molecule has 0 amide bonds. The molecular formula is C15H12FNO2S. The number of carbonyl (C=O) groups excluding carboxylic acids is 1. The molecule has 0 aliphatic heterocycles. The average molecular weight is 289 g/mol. The van der Waals surface area contributed by atoms with Crippen molar-refractivity contribution in [2.75, 3.05) is 7.11 Å². The Morgan fingerprint density at radius 1 is 1.35 bits per heavy atom. The van der Waals surface area contributed by atoms with Gasteiger partial charge >= 0.3 is 5.97 Å². The van der Waals surface area contributed by atoms with Crippen LogP contribution in [0.15, 0.2) is 41.8 Å².